The lowest BCUT2D eigenvalue weighted by atomic mass is 10.4. The Morgan fingerprint density at radius 1 is 1.32 bits per heavy atom. The van der Waals surface area contributed by atoms with E-state index in [4.69, 9.17) is 4.42 Å². The fourth-order valence-electron chi connectivity index (χ4n) is 2.57. The van der Waals surface area contributed by atoms with Gasteiger partial charge in [0.15, 0.2) is 11.7 Å². The molecule has 0 atom stereocenters. The molecule has 0 saturated carbocycles. The van der Waals surface area contributed by atoms with E-state index >= 15 is 0 Å². The van der Waals surface area contributed by atoms with Crippen molar-refractivity contribution in [1.82, 2.24) is 40.6 Å². The Labute approximate surface area is 180 Å². The van der Waals surface area contributed by atoms with E-state index in [1.807, 2.05) is 23.6 Å². The molecule has 28 heavy (non-hydrogen) atoms. The molecule has 0 saturated heterocycles. The van der Waals surface area contributed by atoms with Crippen LogP contribution in [0.1, 0.15) is 25.5 Å². The van der Waals surface area contributed by atoms with Gasteiger partial charge in [-0.3, -0.25) is 10.1 Å². The van der Waals surface area contributed by atoms with Gasteiger partial charge in [0, 0.05) is 39.0 Å². The van der Waals surface area contributed by atoms with Crippen LogP contribution in [-0.4, -0.2) is 55.5 Å². The highest BCUT2D eigenvalue weighted by Gasteiger charge is 2.08. The highest BCUT2D eigenvalue weighted by molar-refractivity contribution is 14.0. The number of aliphatic imine (C=N–C) groups is 1. The lowest BCUT2D eigenvalue weighted by Crippen LogP contribution is -2.39. The Morgan fingerprint density at radius 3 is 2.96 bits per heavy atom. The number of hydrogen-bond acceptors (Lipinski definition) is 6. The van der Waals surface area contributed by atoms with E-state index in [9.17, 15) is 0 Å². The Morgan fingerprint density at radius 2 is 2.21 bits per heavy atom. The van der Waals surface area contributed by atoms with Gasteiger partial charge in [-0.15, -0.1) is 34.2 Å². The number of rotatable bonds is 9. The van der Waals surface area contributed by atoms with E-state index < -0.39 is 0 Å². The van der Waals surface area contributed by atoms with Gasteiger partial charge in [-0.05, 0) is 19.1 Å². The highest BCUT2D eigenvalue weighted by atomic mass is 127. The molecule has 3 N–H and O–H groups in total. The minimum atomic E-state index is 0. The summed E-state index contributed by atoms with van der Waals surface area (Å²) in [6.07, 6.45) is 4.89. The maximum Gasteiger partial charge on any atom is 0.216 e. The van der Waals surface area contributed by atoms with Crippen molar-refractivity contribution < 1.29 is 4.42 Å². The molecule has 0 aliphatic rings. The van der Waals surface area contributed by atoms with Gasteiger partial charge in [0.1, 0.15) is 18.0 Å². The van der Waals surface area contributed by atoms with Crippen molar-refractivity contribution in [2.45, 2.75) is 33.2 Å². The molecule has 3 heterocycles. The maximum absolute atomic E-state index is 5.30. The summed E-state index contributed by atoms with van der Waals surface area (Å²) in [6, 6.07) is 3.64. The smallest absolute Gasteiger partial charge is 0.216 e. The zero-order valence-corrected chi connectivity index (χ0v) is 18.4. The monoisotopic (exact) mass is 499 g/mol. The summed E-state index contributed by atoms with van der Waals surface area (Å²) in [7, 11) is 0. The zero-order valence-electron chi connectivity index (χ0n) is 16.1. The second kappa shape index (κ2) is 11.4. The van der Waals surface area contributed by atoms with Crippen LogP contribution in [0.4, 0.5) is 0 Å². The summed E-state index contributed by atoms with van der Waals surface area (Å²) in [5, 5.41) is 21.7. The quantitative estimate of drug-likeness (QED) is 0.233. The van der Waals surface area contributed by atoms with Gasteiger partial charge >= 0.3 is 0 Å². The molecule has 3 rings (SSSR count). The van der Waals surface area contributed by atoms with Gasteiger partial charge in [-0.2, -0.15) is 5.10 Å². The van der Waals surface area contributed by atoms with E-state index in [-0.39, 0.29) is 24.0 Å². The molecule has 0 aromatic carbocycles. The summed E-state index contributed by atoms with van der Waals surface area (Å²) in [5.41, 5.74) is 0. The minimum Gasteiger partial charge on any atom is -0.461 e. The molecule has 0 radical (unpaired) electrons. The molecular weight excluding hydrogens is 473 g/mol. The minimum absolute atomic E-state index is 0. The molecule has 0 fully saturated rings. The largest absolute Gasteiger partial charge is 0.461 e. The van der Waals surface area contributed by atoms with E-state index in [0.29, 0.717) is 24.6 Å². The molecule has 10 nitrogen and oxygen atoms in total. The lowest BCUT2D eigenvalue weighted by Gasteiger charge is -2.12. The number of aromatic nitrogens is 6. The van der Waals surface area contributed by atoms with Crippen LogP contribution in [0.3, 0.4) is 0 Å². The van der Waals surface area contributed by atoms with Gasteiger partial charge < -0.3 is 19.6 Å². The number of halogens is 1. The predicted octanol–water partition coefficient (Wildman–Crippen LogP) is 1.63. The fraction of sp³-hybridized carbons (Fsp3) is 0.471. The normalized spacial score (nSPS) is 11.3. The number of aromatic amines is 1. The van der Waals surface area contributed by atoms with E-state index in [2.05, 4.69) is 47.9 Å². The van der Waals surface area contributed by atoms with Crippen molar-refractivity contribution in [3.8, 4) is 11.6 Å². The third kappa shape index (κ3) is 6.04. The molecule has 0 spiro atoms. The first-order valence-electron chi connectivity index (χ1n) is 9.14. The fourth-order valence-corrected chi connectivity index (χ4v) is 2.57. The van der Waals surface area contributed by atoms with Crippen molar-refractivity contribution in [3.05, 3.63) is 36.4 Å². The average molecular weight is 499 g/mol. The molecule has 11 heteroatoms. The average Bonchev–Trinajstić information content (AvgIpc) is 3.42. The SMILES string of the molecule is CCNC(=NCCc1nc(-c2ccco2)n[nH]1)NCCn1cnnc1CC.I. The van der Waals surface area contributed by atoms with Gasteiger partial charge in [-0.1, -0.05) is 6.92 Å². The molecule has 152 valence electrons. The molecule has 3 aromatic heterocycles. The highest BCUT2D eigenvalue weighted by Crippen LogP contribution is 2.14. The number of aryl methyl sites for hydroxylation is 1. The van der Waals surface area contributed by atoms with Crippen molar-refractivity contribution in [2.75, 3.05) is 19.6 Å². The number of nitrogens with zero attached hydrogens (tertiary/aromatic N) is 6. The summed E-state index contributed by atoms with van der Waals surface area (Å²) >= 11 is 0. The summed E-state index contributed by atoms with van der Waals surface area (Å²) in [5.74, 6) is 3.74. The Kier molecular flexibility index (Phi) is 8.91. The number of H-pyrrole nitrogens is 1. The topological polar surface area (TPSA) is 122 Å². The molecule has 0 amide bonds. The third-order valence-electron chi connectivity index (χ3n) is 3.89. The number of hydrogen-bond donors (Lipinski definition) is 3. The second-order valence-corrected chi connectivity index (χ2v) is 5.81. The van der Waals surface area contributed by atoms with E-state index in [0.717, 1.165) is 43.7 Å². The van der Waals surface area contributed by atoms with Crippen molar-refractivity contribution in [2.24, 2.45) is 4.99 Å². The van der Waals surface area contributed by atoms with Crippen molar-refractivity contribution >= 4 is 29.9 Å². The van der Waals surface area contributed by atoms with Crippen molar-refractivity contribution in [3.63, 3.8) is 0 Å². The van der Waals surface area contributed by atoms with Gasteiger partial charge in [0.25, 0.3) is 0 Å². The summed E-state index contributed by atoms with van der Waals surface area (Å²) < 4.78 is 7.34. The van der Waals surface area contributed by atoms with Gasteiger partial charge in [0.05, 0.1) is 6.26 Å². The first kappa shape index (κ1) is 21.9. The molecular formula is C17H26IN9O. The Bertz CT molecular complexity index is 841. The van der Waals surface area contributed by atoms with Gasteiger partial charge in [0.2, 0.25) is 5.82 Å². The molecule has 0 bridgehead atoms. The first-order valence-corrected chi connectivity index (χ1v) is 9.14. The first-order chi connectivity index (χ1) is 13.3. The lowest BCUT2D eigenvalue weighted by molar-refractivity contribution is 0.577. The van der Waals surface area contributed by atoms with Crippen molar-refractivity contribution in [1.29, 1.82) is 0 Å². The van der Waals surface area contributed by atoms with Gasteiger partial charge in [-0.25, -0.2) is 4.98 Å². The number of furan rings is 1. The molecule has 3 aromatic rings. The zero-order chi connectivity index (χ0) is 18.9. The van der Waals surface area contributed by atoms with Crippen LogP contribution in [0.25, 0.3) is 11.6 Å². The van der Waals surface area contributed by atoms with Crippen LogP contribution >= 0.6 is 24.0 Å². The second-order valence-electron chi connectivity index (χ2n) is 5.81. The van der Waals surface area contributed by atoms with Crippen LogP contribution in [0.2, 0.25) is 0 Å². The Balaban J connectivity index is 0.00000280. The summed E-state index contributed by atoms with van der Waals surface area (Å²) in [6.45, 7) is 7.02. The molecule has 0 aliphatic carbocycles. The van der Waals surface area contributed by atoms with Crippen LogP contribution in [0.15, 0.2) is 34.1 Å². The molecule has 0 aliphatic heterocycles. The number of nitrogens with one attached hydrogen (secondary N) is 3. The number of guanidine groups is 1. The van der Waals surface area contributed by atoms with E-state index in [1.54, 1.807) is 12.6 Å². The maximum atomic E-state index is 5.30. The third-order valence-corrected chi connectivity index (χ3v) is 3.89. The van der Waals surface area contributed by atoms with Crippen LogP contribution < -0.4 is 10.6 Å². The van der Waals surface area contributed by atoms with E-state index in [1.165, 1.54) is 0 Å². The Hall–Kier alpha value is -2.44. The van der Waals surface area contributed by atoms with Crippen LogP contribution in [0.5, 0.6) is 0 Å². The molecule has 0 unspecified atom stereocenters. The summed E-state index contributed by atoms with van der Waals surface area (Å²) in [4.78, 5) is 9.01. The van der Waals surface area contributed by atoms with Crippen LogP contribution in [-0.2, 0) is 19.4 Å². The predicted molar refractivity (Wildman–Crippen MR) is 117 cm³/mol. The standard InChI is InChI=1S/C17H25N9O.HI/c1-3-15-24-21-12-26(15)10-9-20-17(18-4-2)19-8-7-14-22-16(25-23-14)13-6-5-11-27-13;/h5-6,11-12H,3-4,7-10H2,1-2H3,(H2,18,19,20)(H,22,23,25);1H. The van der Waals surface area contributed by atoms with Crippen LogP contribution in [0, 0.1) is 0 Å².